The fraction of sp³-hybridized carbons (Fsp3) is 0.619. The predicted octanol–water partition coefficient (Wildman–Crippen LogP) is 3.83. The van der Waals surface area contributed by atoms with Crippen LogP contribution in [0.3, 0.4) is 0 Å². The molecule has 1 aromatic rings. The smallest absolute Gasteiger partial charge is 0.321 e. The Kier molecular flexibility index (Phi) is 7.95. The molecule has 0 radical (unpaired) electrons. The highest BCUT2D eigenvalue weighted by molar-refractivity contribution is 5.90. The van der Waals surface area contributed by atoms with Gasteiger partial charge in [-0.3, -0.25) is 4.79 Å². The van der Waals surface area contributed by atoms with Crippen LogP contribution < -0.4 is 10.1 Å². The molecule has 1 saturated heterocycles. The van der Waals surface area contributed by atoms with Gasteiger partial charge in [0.05, 0.1) is 7.11 Å². The zero-order chi connectivity index (χ0) is 19.8. The first-order valence-corrected chi connectivity index (χ1v) is 9.86. The lowest BCUT2D eigenvalue weighted by Crippen LogP contribution is -2.42. The van der Waals surface area contributed by atoms with Gasteiger partial charge in [-0.15, -0.1) is 0 Å². The van der Waals surface area contributed by atoms with Crippen LogP contribution in [0.5, 0.6) is 5.75 Å². The molecule has 0 unspecified atom stereocenters. The summed E-state index contributed by atoms with van der Waals surface area (Å²) in [5.41, 5.74) is 0.685. The number of hydrogen-bond acceptors (Lipinski definition) is 3. The number of ether oxygens (including phenoxy) is 1. The summed E-state index contributed by atoms with van der Waals surface area (Å²) in [6, 6.07) is 7.10. The minimum Gasteiger partial charge on any atom is -0.497 e. The standard InChI is InChI=1S/C21H33N3O3/c1-16(2)15-24(13-10-20(25)23-11-8-17(3)9-12-23)21(26)22-18-6-5-7-19(14-18)27-4/h5-7,14,16-17H,8-13,15H2,1-4H3,(H,22,26). The van der Waals surface area contributed by atoms with Crippen LogP contribution in [-0.2, 0) is 4.79 Å². The van der Waals surface area contributed by atoms with Crippen molar-refractivity contribution in [2.75, 3.05) is 38.6 Å². The summed E-state index contributed by atoms with van der Waals surface area (Å²) in [6.45, 7) is 9.08. The van der Waals surface area contributed by atoms with Crippen LogP contribution in [0.15, 0.2) is 24.3 Å². The number of likely N-dealkylation sites (tertiary alicyclic amines) is 1. The number of rotatable bonds is 7. The van der Waals surface area contributed by atoms with E-state index in [2.05, 4.69) is 26.1 Å². The molecule has 3 amide bonds. The van der Waals surface area contributed by atoms with Crippen LogP contribution in [0.2, 0.25) is 0 Å². The van der Waals surface area contributed by atoms with Crippen molar-refractivity contribution in [3.05, 3.63) is 24.3 Å². The number of amides is 3. The zero-order valence-electron chi connectivity index (χ0n) is 17.0. The summed E-state index contributed by atoms with van der Waals surface area (Å²) in [6.07, 6.45) is 2.50. The number of hydrogen-bond donors (Lipinski definition) is 1. The van der Waals surface area contributed by atoms with Crippen molar-refractivity contribution < 1.29 is 14.3 Å². The molecule has 1 aliphatic rings. The lowest BCUT2D eigenvalue weighted by Gasteiger charge is -2.31. The Balaban J connectivity index is 1.93. The highest BCUT2D eigenvalue weighted by Gasteiger charge is 2.22. The zero-order valence-corrected chi connectivity index (χ0v) is 17.0. The third kappa shape index (κ3) is 6.77. The van der Waals surface area contributed by atoms with Gasteiger partial charge in [-0.2, -0.15) is 0 Å². The van der Waals surface area contributed by atoms with E-state index in [1.54, 1.807) is 18.1 Å². The van der Waals surface area contributed by atoms with Crippen molar-refractivity contribution in [3.63, 3.8) is 0 Å². The number of nitrogens with one attached hydrogen (secondary N) is 1. The molecule has 0 spiro atoms. The van der Waals surface area contributed by atoms with E-state index in [1.807, 2.05) is 23.1 Å². The van der Waals surface area contributed by atoms with Crippen LogP contribution in [0.25, 0.3) is 0 Å². The number of anilines is 1. The molecule has 0 atom stereocenters. The normalized spacial score (nSPS) is 14.9. The first-order chi connectivity index (χ1) is 12.9. The summed E-state index contributed by atoms with van der Waals surface area (Å²) in [5.74, 6) is 1.86. The predicted molar refractivity (Wildman–Crippen MR) is 108 cm³/mol. The second-order valence-corrected chi connectivity index (χ2v) is 7.82. The van der Waals surface area contributed by atoms with Crippen molar-refractivity contribution in [1.29, 1.82) is 0 Å². The Hall–Kier alpha value is -2.24. The molecule has 1 heterocycles. The Morgan fingerprint density at radius 3 is 2.63 bits per heavy atom. The molecule has 2 rings (SSSR count). The number of nitrogens with zero attached hydrogens (tertiary/aromatic N) is 2. The van der Waals surface area contributed by atoms with Gasteiger partial charge >= 0.3 is 6.03 Å². The van der Waals surface area contributed by atoms with Gasteiger partial charge in [-0.1, -0.05) is 26.8 Å². The van der Waals surface area contributed by atoms with Crippen molar-refractivity contribution in [3.8, 4) is 5.75 Å². The van der Waals surface area contributed by atoms with Crippen molar-refractivity contribution >= 4 is 17.6 Å². The largest absolute Gasteiger partial charge is 0.497 e. The van der Waals surface area contributed by atoms with Crippen molar-refractivity contribution in [1.82, 2.24) is 9.80 Å². The average molecular weight is 376 g/mol. The maximum Gasteiger partial charge on any atom is 0.321 e. The Morgan fingerprint density at radius 2 is 2.00 bits per heavy atom. The van der Waals surface area contributed by atoms with E-state index < -0.39 is 0 Å². The van der Waals surface area contributed by atoms with E-state index in [1.165, 1.54) is 0 Å². The summed E-state index contributed by atoms with van der Waals surface area (Å²) in [4.78, 5) is 28.9. The van der Waals surface area contributed by atoms with Crippen LogP contribution in [0.4, 0.5) is 10.5 Å². The van der Waals surface area contributed by atoms with Crippen LogP contribution in [0, 0.1) is 11.8 Å². The maximum atomic E-state index is 12.7. The SMILES string of the molecule is COc1cccc(NC(=O)N(CCC(=O)N2CCC(C)CC2)CC(C)C)c1. The Bertz CT molecular complexity index is 625. The topological polar surface area (TPSA) is 61.9 Å². The second-order valence-electron chi connectivity index (χ2n) is 7.82. The molecule has 1 aromatic carbocycles. The molecule has 27 heavy (non-hydrogen) atoms. The lowest BCUT2D eigenvalue weighted by molar-refractivity contribution is -0.132. The second kappa shape index (κ2) is 10.2. The summed E-state index contributed by atoms with van der Waals surface area (Å²) in [5, 5.41) is 2.91. The molecular weight excluding hydrogens is 342 g/mol. The third-order valence-corrected chi connectivity index (χ3v) is 4.93. The lowest BCUT2D eigenvalue weighted by atomic mass is 9.99. The molecule has 1 fully saturated rings. The maximum absolute atomic E-state index is 12.7. The molecule has 6 nitrogen and oxygen atoms in total. The molecular formula is C21H33N3O3. The van der Waals surface area contributed by atoms with E-state index in [-0.39, 0.29) is 11.9 Å². The van der Waals surface area contributed by atoms with E-state index >= 15 is 0 Å². The quantitative estimate of drug-likeness (QED) is 0.788. The van der Waals surface area contributed by atoms with Gasteiger partial charge in [0.15, 0.2) is 0 Å². The van der Waals surface area contributed by atoms with Crippen LogP contribution in [-0.4, -0.2) is 55.0 Å². The van der Waals surface area contributed by atoms with Gasteiger partial charge in [0, 0.05) is 44.4 Å². The number of urea groups is 1. The minimum absolute atomic E-state index is 0.143. The summed E-state index contributed by atoms with van der Waals surface area (Å²) >= 11 is 0. The molecule has 150 valence electrons. The van der Waals surface area contributed by atoms with Crippen LogP contribution in [0.1, 0.15) is 40.0 Å². The first-order valence-electron chi connectivity index (χ1n) is 9.86. The highest BCUT2D eigenvalue weighted by atomic mass is 16.5. The molecule has 6 heteroatoms. The average Bonchev–Trinajstić information content (AvgIpc) is 2.65. The van der Waals surface area contributed by atoms with E-state index in [4.69, 9.17) is 4.74 Å². The van der Waals surface area contributed by atoms with Gasteiger partial charge < -0.3 is 19.9 Å². The molecule has 0 saturated carbocycles. The first kappa shape index (κ1) is 21.1. The molecule has 1 aliphatic heterocycles. The van der Waals surface area contributed by atoms with Gasteiger partial charge in [-0.05, 0) is 36.8 Å². The number of carbonyl (C=O) groups excluding carboxylic acids is 2. The number of methoxy groups -OCH3 is 1. The van der Waals surface area contributed by atoms with Gasteiger partial charge in [0.1, 0.15) is 5.75 Å². The molecule has 0 aromatic heterocycles. The Labute approximate surface area is 162 Å². The number of carbonyl (C=O) groups is 2. The van der Waals surface area contributed by atoms with E-state index in [0.29, 0.717) is 42.8 Å². The van der Waals surface area contributed by atoms with Gasteiger partial charge in [0.2, 0.25) is 5.91 Å². The molecule has 0 aliphatic carbocycles. The monoisotopic (exact) mass is 375 g/mol. The van der Waals surface area contributed by atoms with E-state index in [9.17, 15) is 9.59 Å². The fourth-order valence-corrected chi connectivity index (χ4v) is 3.27. The third-order valence-electron chi connectivity index (χ3n) is 4.93. The van der Waals surface area contributed by atoms with E-state index in [0.717, 1.165) is 25.9 Å². The highest BCUT2D eigenvalue weighted by Crippen LogP contribution is 2.18. The van der Waals surface area contributed by atoms with Crippen molar-refractivity contribution in [2.45, 2.75) is 40.0 Å². The van der Waals surface area contributed by atoms with Crippen molar-refractivity contribution in [2.24, 2.45) is 11.8 Å². The minimum atomic E-state index is -0.183. The van der Waals surface area contributed by atoms with Gasteiger partial charge in [-0.25, -0.2) is 4.79 Å². The summed E-state index contributed by atoms with van der Waals surface area (Å²) < 4.78 is 5.20. The summed E-state index contributed by atoms with van der Waals surface area (Å²) in [7, 11) is 1.60. The van der Waals surface area contributed by atoms with Gasteiger partial charge in [0.25, 0.3) is 0 Å². The number of piperidine rings is 1. The molecule has 1 N–H and O–H groups in total. The van der Waals surface area contributed by atoms with Crippen LogP contribution >= 0.6 is 0 Å². The molecule has 0 bridgehead atoms. The number of benzene rings is 1. The Morgan fingerprint density at radius 1 is 1.30 bits per heavy atom. The fourth-order valence-electron chi connectivity index (χ4n) is 3.27.